The third-order valence-electron chi connectivity index (χ3n) is 5.29. The predicted octanol–water partition coefficient (Wildman–Crippen LogP) is 3.69. The van der Waals surface area contributed by atoms with Crippen molar-refractivity contribution < 1.29 is 13.9 Å². The standard InChI is InChI=1S/C18H19ClFN3O2/c1-25-17-5-2-11(6-16(17)20)18(24)23-13-3-4-14(23)8-15(7-13)22-10-12(19)9-21-22/h2,5-6,9-10,13-15H,3-4,7-8H2,1H3. The Morgan fingerprint density at radius 2 is 2.00 bits per heavy atom. The number of rotatable bonds is 3. The zero-order valence-electron chi connectivity index (χ0n) is 13.9. The Kier molecular flexibility index (Phi) is 4.15. The number of nitrogens with zero attached hydrogens (tertiary/aromatic N) is 3. The average Bonchev–Trinajstić information content (AvgIpc) is 3.15. The summed E-state index contributed by atoms with van der Waals surface area (Å²) < 4.78 is 20.8. The van der Waals surface area contributed by atoms with Crippen LogP contribution in [0.3, 0.4) is 0 Å². The molecule has 1 amide bonds. The topological polar surface area (TPSA) is 47.4 Å². The monoisotopic (exact) mass is 363 g/mol. The smallest absolute Gasteiger partial charge is 0.254 e. The van der Waals surface area contributed by atoms with Crippen LogP contribution in [0.5, 0.6) is 5.75 Å². The van der Waals surface area contributed by atoms with Gasteiger partial charge in [0.2, 0.25) is 0 Å². The highest BCUT2D eigenvalue weighted by molar-refractivity contribution is 6.30. The zero-order chi connectivity index (χ0) is 17.6. The number of hydrogen-bond donors (Lipinski definition) is 0. The summed E-state index contributed by atoms with van der Waals surface area (Å²) in [4.78, 5) is 14.9. The van der Waals surface area contributed by atoms with E-state index in [0.29, 0.717) is 10.6 Å². The molecule has 2 atom stereocenters. The molecule has 4 rings (SSSR count). The lowest BCUT2D eigenvalue weighted by atomic mass is 9.96. The lowest BCUT2D eigenvalue weighted by Crippen LogP contribution is -2.47. The fourth-order valence-electron chi connectivity index (χ4n) is 4.16. The van der Waals surface area contributed by atoms with E-state index in [9.17, 15) is 9.18 Å². The Morgan fingerprint density at radius 1 is 1.28 bits per heavy atom. The molecule has 0 spiro atoms. The van der Waals surface area contributed by atoms with Crippen LogP contribution in [0.25, 0.3) is 0 Å². The second-order valence-corrected chi connectivity index (χ2v) is 7.15. The SMILES string of the molecule is COc1ccc(C(=O)N2C3CCC2CC(n2cc(Cl)cn2)C3)cc1F. The van der Waals surface area contributed by atoms with E-state index in [2.05, 4.69) is 5.10 Å². The lowest BCUT2D eigenvalue weighted by molar-refractivity contribution is 0.0523. The summed E-state index contributed by atoms with van der Waals surface area (Å²) in [6, 6.07) is 4.96. The number of aromatic nitrogens is 2. The van der Waals surface area contributed by atoms with E-state index < -0.39 is 5.82 Å². The lowest BCUT2D eigenvalue weighted by Gasteiger charge is -2.39. The van der Waals surface area contributed by atoms with Gasteiger partial charge >= 0.3 is 0 Å². The normalized spacial score (nSPS) is 25.2. The number of fused-ring (bicyclic) bond motifs is 2. The number of carbonyl (C=O) groups is 1. The van der Waals surface area contributed by atoms with Crippen LogP contribution in [0.15, 0.2) is 30.6 Å². The molecule has 2 unspecified atom stereocenters. The van der Waals surface area contributed by atoms with E-state index in [1.54, 1.807) is 12.3 Å². The molecule has 0 aliphatic carbocycles. The van der Waals surface area contributed by atoms with Crippen LogP contribution in [0, 0.1) is 5.82 Å². The van der Waals surface area contributed by atoms with E-state index in [1.165, 1.54) is 19.2 Å². The molecule has 5 nitrogen and oxygen atoms in total. The van der Waals surface area contributed by atoms with Crippen molar-refractivity contribution in [1.82, 2.24) is 14.7 Å². The van der Waals surface area contributed by atoms with Crippen molar-refractivity contribution in [1.29, 1.82) is 0 Å². The second kappa shape index (κ2) is 6.33. The highest BCUT2D eigenvalue weighted by Gasteiger charge is 2.44. The minimum absolute atomic E-state index is 0.106. The molecule has 7 heteroatoms. The van der Waals surface area contributed by atoms with Gasteiger partial charge in [-0.1, -0.05) is 11.6 Å². The van der Waals surface area contributed by atoms with Crippen molar-refractivity contribution >= 4 is 17.5 Å². The highest BCUT2D eigenvalue weighted by atomic mass is 35.5. The zero-order valence-corrected chi connectivity index (χ0v) is 14.6. The molecular formula is C18H19ClFN3O2. The molecule has 2 fully saturated rings. The van der Waals surface area contributed by atoms with Crippen molar-refractivity contribution in [3.63, 3.8) is 0 Å². The van der Waals surface area contributed by atoms with Gasteiger partial charge in [-0.25, -0.2) is 4.39 Å². The Bertz CT molecular complexity index is 795. The molecule has 3 heterocycles. The summed E-state index contributed by atoms with van der Waals surface area (Å²) in [6.07, 6.45) is 7.11. The van der Waals surface area contributed by atoms with Gasteiger partial charge in [-0.15, -0.1) is 0 Å². The molecule has 2 aliphatic heterocycles. The minimum Gasteiger partial charge on any atom is -0.494 e. The molecule has 0 saturated carbocycles. The van der Waals surface area contributed by atoms with Gasteiger partial charge in [0.05, 0.1) is 24.4 Å². The molecule has 2 aromatic rings. The fourth-order valence-corrected chi connectivity index (χ4v) is 4.30. The third kappa shape index (κ3) is 2.88. The summed E-state index contributed by atoms with van der Waals surface area (Å²) >= 11 is 5.97. The Hall–Kier alpha value is -2.08. The first-order valence-corrected chi connectivity index (χ1v) is 8.80. The van der Waals surface area contributed by atoms with E-state index >= 15 is 0 Å². The van der Waals surface area contributed by atoms with E-state index in [-0.39, 0.29) is 29.8 Å². The molecule has 2 saturated heterocycles. The molecular weight excluding hydrogens is 345 g/mol. The number of hydrogen-bond acceptors (Lipinski definition) is 3. The number of carbonyl (C=O) groups excluding carboxylic acids is 1. The Morgan fingerprint density at radius 3 is 2.56 bits per heavy atom. The van der Waals surface area contributed by atoms with Gasteiger partial charge in [0, 0.05) is 23.8 Å². The van der Waals surface area contributed by atoms with Crippen molar-refractivity contribution in [3.8, 4) is 5.75 Å². The highest BCUT2D eigenvalue weighted by Crippen LogP contribution is 2.41. The molecule has 1 aromatic heterocycles. The van der Waals surface area contributed by atoms with Crippen LogP contribution in [0.2, 0.25) is 5.02 Å². The number of benzene rings is 1. The van der Waals surface area contributed by atoms with Gasteiger partial charge in [0.15, 0.2) is 11.6 Å². The molecule has 2 bridgehead atoms. The van der Waals surface area contributed by atoms with Crippen LogP contribution < -0.4 is 4.74 Å². The van der Waals surface area contributed by atoms with Gasteiger partial charge in [-0.2, -0.15) is 5.10 Å². The van der Waals surface area contributed by atoms with Crippen LogP contribution in [-0.2, 0) is 0 Å². The first-order valence-electron chi connectivity index (χ1n) is 8.42. The molecule has 132 valence electrons. The van der Waals surface area contributed by atoms with Crippen LogP contribution >= 0.6 is 11.6 Å². The van der Waals surface area contributed by atoms with Crippen LogP contribution in [0.1, 0.15) is 42.1 Å². The van der Waals surface area contributed by atoms with Gasteiger partial charge in [0.1, 0.15) is 0 Å². The summed E-state index contributed by atoms with van der Waals surface area (Å²) in [5.74, 6) is -0.471. The Balaban J connectivity index is 1.54. The molecule has 1 aromatic carbocycles. The summed E-state index contributed by atoms with van der Waals surface area (Å²) in [7, 11) is 1.41. The number of amides is 1. The maximum atomic E-state index is 14.0. The maximum Gasteiger partial charge on any atom is 0.254 e. The summed E-state index contributed by atoms with van der Waals surface area (Å²) in [6.45, 7) is 0. The average molecular weight is 364 g/mol. The molecule has 25 heavy (non-hydrogen) atoms. The van der Waals surface area contributed by atoms with Gasteiger partial charge in [-0.3, -0.25) is 9.48 Å². The number of methoxy groups -OCH3 is 1. The van der Waals surface area contributed by atoms with Crippen molar-refractivity contribution in [2.24, 2.45) is 0 Å². The third-order valence-corrected chi connectivity index (χ3v) is 5.48. The molecule has 2 aliphatic rings. The van der Waals surface area contributed by atoms with E-state index in [4.69, 9.17) is 16.3 Å². The first-order chi connectivity index (χ1) is 12.1. The van der Waals surface area contributed by atoms with Gasteiger partial charge in [0.25, 0.3) is 5.91 Å². The summed E-state index contributed by atoms with van der Waals surface area (Å²) in [5, 5.41) is 4.94. The van der Waals surface area contributed by atoms with Crippen molar-refractivity contribution in [3.05, 3.63) is 47.0 Å². The minimum atomic E-state index is -0.512. The fraction of sp³-hybridized carbons (Fsp3) is 0.444. The largest absolute Gasteiger partial charge is 0.494 e. The van der Waals surface area contributed by atoms with Crippen molar-refractivity contribution in [2.75, 3.05) is 7.11 Å². The quantitative estimate of drug-likeness (QED) is 0.835. The molecule has 0 radical (unpaired) electrons. The van der Waals surface area contributed by atoms with Gasteiger partial charge < -0.3 is 9.64 Å². The van der Waals surface area contributed by atoms with Crippen LogP contribution in [-0.4, -0.2) is 39.8 Å². The predicted molar refractivity (Wildman–Crippen MR) is 91.4 cm³/mol. The number of ether oxygens (including phenoxy) is 1. The van der Waals surface area contributed by atoms with E-state index in [0.717, 1.165) is 25.7 Å². The molecule has 0 N–H and O–H groups in total. The first kappa shape index (κ1) is 16.4. The Labute approximate surface area is 150 Å². The van der Waals surface area contributed by atoms with Crippen LogP contribution in [0.4, 0.5) is 4.39 Å². The maximum absolute atomic E-state index is 14.0. The second-order valence-electron chi connectivity index (χ2n) is 6.71. The van der Waals surface area contributed by atoms with E-state index in [1.807, 2.05) is 15.8 Å². The number of piperidine rings is 1. The number of halogens is 2. The van der Waals surface area contributed by atoms with Crippen molar-refractivity contribution in [2.45, 2.75) is 43.8 Å². The van der Waals surface area contributed by atoms with Gasteiger partial charge in [-0.05, 0) is 43.9 Å². The summed E-state index contributed by atoms with van der Waals surface area (Å²) in [5.41, 5.74) is 0.371.